The lowest BCUT2D eigenvalue weighted by Gasteiger charge is -2.29. The monoisotopic (exact) mass is 519 g/mol. The molecule has 4 aromatic rings. The molecule has 1 amide bonds. The summed E-state index contributed by atoms with van der Waals surface area (Å²) >= 11 is 3.48. The Labute approximate surface area is 205 Å². The highest BCUT2D eigenvalue weighted by Crippen LogP contribution is 2.40. The summed E-state index contributed by atoms with van der Waals surface area (Å²) in [6.45, 7) is -0.0198. The van der Waals surface area contributed by atoms with E-state index in [2.05, 4.69) is 21.2 Å². The van der Waals surface area contributed by atoms with Crippen molar-refractivity contribution in [1.82, 2.24) is 9.88 Å². The lowest BCUT2D eigenvalue weighted by Crippen LogP contribution is -2.40. The fourth-order valence-corrected chi connectivity index (χ4v) is 4.57. The molecule has 0 spiro atoms. The van der Waals surface area contributed by atoms with Crippen molar-refractivity contribution in [2.75, 3.05) is 12.3 Å². The van der Waals surface area contributed by atoms with Gasteiger partial charge in [0, 0.05) is 45.8 Å². The van der Waals surface area contributed by atoms with Gasteiger partial charge in [0.25, 0.3) is 0 Å². The van der Waals surface area contributed by atoms with E-state index < -0.39 is 5.72 Å². The molecule has 1 saturated heterocycles. The van der Waals surface area contributed by atoms with Crippen molar-refractivity contribution in [2.45, 2.75) is 18.6 Å². The van der Waals surface area contributed by atoms with Gasteiger partial charge in [-0.15, -0.1) is 0 Å². The van der Waals surface area contributed by atoms with Gasteiger partial charge < -0.3 is 20.4 Å². The summed E-state index contributed by atoms with van der Waals surface area (Å²) in [6.07, 6.45) is 5.18. The minimum Gasteiger partial charge on any atom is -0.399 e. The molecular weight excluding hydrogens is 497 g/mol. The molecule has 1 fully saturated rings. The van der Waals surface area contributed by atoms with Crippen LogP contribution >= 0.6 is 15.9 Å². The van der Waals surface area contributed by atoms with Crippen molar-refractivity contribution in [3.05, 3.63) is 107 Å². The smallest absolute Gasteiger partial charge is 0.248 e. The Morgan fingerprint density at radius 2 is 1.71 bits per heavy atom. The number of nitrogens with zero attached hydrogens (tertiary/aromatic N) is 1. The second-order valence-corrected chi connectivity index (χ2v) is 9.30. The molecule has 5 rings (SSSR count). The van der Waals surface area contributed by atoms with Gasteiger partial charge in [-0.1, -0.05) is 40.2 Å². The van der Waals surface area contributed by atoms with Crippen LogP contribution in [0.25, 0.3) is 16.8 Å². The Morgan fingerprint density at radius 3 is 2.35 bits per heavy atom. The standard InChI is InChI=1S/C27H23BrFN3O2/c28-20-5-11-23(12-6-20)32-15-24(19-3-7-21(29)8-4-19)25(16-32)27(31-26(33)17-34-27)14-13-18-1-9-22(30)10-2-18/h1-12,15-16H,13-14,17,30H2,(H,31,33). The summed E-state index contributed by atoms with van der Waals surface area (Å²) in [5.74, 6) is -0.472. The molecule has 0 aliphatic carbocycles. The number of ether oxygens (including phenoxy) is 1. The zero-order chi connectivity index (χ0) is 23.7. The third kappa shape index (κ3) is 4.49. The first-order valence-electron chi connectivity index (χ1n) is 11.0. The zero-order valence-corrected chi connectivity index (χ0v) is 19.9. The van der Waals surface area contributed by atoms with Crippen molar-refractivity contribution >= 4 is 27.5 Å². The highest BCUT2D eigenvalue weighted by molar-refractivity contribution is 9.10. The second-order valence-electron chi connectivity index (χ2n) is 8.38. The van der Waals surface area contributed by atoms with Crippen LogP contribution in [0, 0.1) is 5.82 Å². The minimum atomic E-state index is -1.01. The molecule has 172 valence electrons. The van der Waals surface area contributed by atoms with Crippen LogP contribution in [0.2, 0.25) is 0 Å². The number of halogens is 2. The molecule has 1 aliphatic heterocycles. The molecule has 2 heterocycles. The van der Waals surface area contributed by atoms with E-state index in [1.165, 1.54) is 12.1 Å². The maximum atomic E-state index is 13.7. The molecule has 1 aromatic heterocycles. The van der Waals surface area contributed by atoms with E-state index in [4.69, 9.17) is 10.5 Å². The van der Waals surface area contributed by atoms with Gasteiger partial charge in [-0.2, -0.15) is 0 Å². The Balaban J connectivity index is 1.60. The van der Waals surface area contributed by atoms with Crippen molar-refractivity contribution in [1.29, 1.82) is 0 Å². The molecule has 1 atom stereocenters. The summed E-state index contributed by atoms with van der Waals surface area (Å²) in [6, 6.07) is 22.0. The van der Waals surface area contributed by atoms with E-state index in [-0.39, 0.29) is 18.3 Å². The Morgan fingerprint density at radius 1 is 1.00 bits per heavy atom. The van der Waals surface area contributed by atoms with Crippen LogP contribution in [0.3, 0.4) is 0 Å². The van der Waals surface area contributed by atoms with Crippen LogP contribution in [-0.2, 0) is 21.7 Å². The molecule has 3 aromatic carbocycles. The number of aryl methyl sites for hydroxylation is 1. The number of nitrogens with one attached hydrogen (secondary N) is 1. The molecule has 7 heteroatoms. The molecule has 5 nitrogen and oxygen atoms in total. The Bertz CT molecular complexity index is 1320. The molecule has 0 radical (unpaired) electrons. The van der Waals surface area contributed by atoms with Crippen molar-refractivity contribution in [2.24, 2.45) is 0 Å². The Kier molecular flexibility index (Phi) is 5.98. The van der Waals surface area contributed by atoms with Gasteiger partial charge in [0.05, 0.1) is 0 Å². The van der Waals surface area contributed by atoms with E-state index in [0.29, 0.717) is 18.5 Å². The van der Waals surface area contributed by atoms with Gasteiger partial charge in [0.15, 0.2) is 5.72 Å². The molecule has 0 saturated carbocycles. The molecule has 0 bridgehead atoms. The number of amides is 1. The first kappa shape index (κ1) is 22.4. The maximum Gasteiger partial charge on any atom is 0.248 e. The third-order valence-electron chi connectivity index (χ3n) is 6.08. The van der Waals surface area contributed by atoms with Gasteiger partial charge in [-0.25, -0.2) is 4.39 Å². The van der Waals surface area contributed by atoms with E-state index in [9.17, 15) is 9.18 Å². The zero-order valence-electron chi connectivity index (χ0n) is 18.3. The highest BCUT2D eigenvalue weighted by atomic mass is 79.9. The van der Waals surface area contributed by atoms with Crippen LogP contribution in [0.1, 0.15) is 17.5 Å². The van der Waals surface area contributed by atoms with E-state index in [0.717, 1.165) is 32.4 Å². The number of hydrogen-bond donors (Lipinski definition) is 2. The van der Waals surface area contributed by atoms with E-state index >= 15 is 0 Å². The number of hydrogen-bond acceptors (Lipinski definition) is 3. The number of rotatable bonds is 6. The summed E-state index contributed by atoms with van der Waals surface area (Å²) in [5, 5.41) is 3.08. The fourth-order valence-electron chi connectivity index (χ4n) is 4.30. The van der Waals surface area contributed by atoms with Gasteiger partial charge >= 0.3 is 0 Å². The number of carbonyl (C=O) groups is 1. The number of anilines is 1. The summed E-state index contributed by atoms with van der Waals surface area (Å²) in [5.41, 5.74) is 10.1. The van der Waals surface area contributed by atoms with Crippen LogP contribution in [0.5, 0.6) is 0 Å². The van der Waals surface area contributed by atoms with Crippen LogP contribution in [-0.4, -0.2) is 17.1 Å². The first-order chi connectivity index (χ1) is 16.4. The average Bonchev–Trinajstić information content (AvgIpc) is 3.45. The topological polar surface area (TPSA) is 69.3 Å². The van der Waals surface area contributed by atoms with E-state index in [1.807, 2.05) is 65.5 Å². The molecule has 1 aliphatic rings. The summed E-state index contributed by atoms with van der Waals surface area (Å²) in [4.78, 5) is 12.4. The van der Waals surface area contributed by atoms with Crippen molar-refractivity contribution in [3.8, 4) is 16.8 Å². The van der Waals surface area contributed by atoms with Crippen LogP contribution < -0.4 is 11.1 Å². The number of aromatic nitrogens is 1. The molecular formula is C27H23BrFN3O2. The summed E-state index contributed by atoms with van der Waals surface area (Å²) < 4.78 is 22.8. The Hall–Kier alpha value is -3.42. The SMILES string of the molecule is Nc1ccc(CCC2(c3cn(-c4ccc(Br)cc4)cc3-c3ccc(F)cc3)NC(=O)CO2)cc1. The molecule has 1 unspecified atom stereocenters. The number of nitrogens with two attached hydrogens (primary N) is 1. The van der Waals surface area contributed by atoms with Crippen molar-refractivity contribution < 1.29 is 13.9 Å². The number of nitrogen functional groups attached to an aromatic ring is 1. The van der Waals surface area contributed by atoms with Gasteiger partial charge in [-0.3, -0.25) is 4.79 Å². The quantitative estimate of drug-likeness (QED) is 0.327. The predicted molar refractivity (Wildman–Crippen MR) is 134 cm³/mol. The largest absolute Gasteiger partial charge is 0.399 e. The lowest BCUT2D eigenvalue weighted by atomic mass is 9.92. The second kappa shape index (κ2) is 9.08. The third-order valence-corrected chi connectivity index (χ3v) is 6.61. The first-order valence-corrected chi connectivity index (χ1v) is 11.7. The van der Waals surface area contributed by atoms with E-state index in [1.54, 1.807) is 12.1 Å². The minimum absolute atomic E-state index is 0.0198. The fraction of sp³-hybridized carbons (Fsp3) is 0.148. The lowest BCUT2D eigenvalue weighted by molar-refractivity contribution is -0.119. The normalized spacial score (nSPS) is 17.6. The van der Waals surface area contributed by atoms with Gasteiger partial charge in [0.1, 0.15) is 12.4 Å². The number of benzene rings is 3. The van der Waals surface area contributed by atoms with Crippen molar-refractivity contribution in [3.63, 3.8) is 0 Å². The molecule has 34 heavy (non-hydrogen) atoms. The summed E-state index contributed by atoms with van der Waals surface area (Å²) in [7, 11) is 0. The number of carbonyl (C=O) groups excluding carboxylic acids is 1. The maximum absolute atomic E-state index is 13.7. The highest BCUT2D eigenvalue weighted by Gasteiger charge is 2.43. The average molecular weight is 520 g/mol. The van der Waals surface area contributed by atoms with Gasteiger partial charge in [0.2, 0.25) is 5.91 Å². The van der Waals surface area contributed by atoms with Gasteiger partial charge in [-0.05, 0) is 66.1 Å². The van der Waals surface area contributed by atoms with Crippen LogP contribution in [0.4, 0.5) is 10.1 Å². The van der Waals surface area contributed by atoms with Crippen LogP contribution in [0.15, 0.2) is 89.7 Å². The molecule has 3 N–H and O–H groups in total. The predicted octanol–water partition coefficient (Wildman–Crippen LogP) is 5.56.